The fraction of sp³-hybridized carbons (Fsp3) is 0.500. The number of hydrogen-bond acceptors (Lipinski definition) is 6. The molecule has 0 aromatic carbocycles. The number of hydrogen-bond donors (Lipinski definition) is 3. The van der Waals surface area contributed by atoms with E-state index in [0.717, 1.165) is 12.1 Å². The molecule has 0 aliphatic heterocycles. The summed E-state index contributed by atoms with van der Waals surface area (Å²) in [6.07, 6.45) is 1.58. The minimum atomic E-state index is 0.226. The summed E-state index contributed by atoms with van der Waals surface area (Å²) in [4.78, 5) is 17.4. The van der Waals surface area contributed by atoms with Crippen LogP contribution in [0, 0.1) is 0 Å². The number of nitrogens with zero attached hydrogens (tertiary/aromatic N) is 4. The number of H-pyrrole nitrogens is 1. The van der Waals surface area contributed by atoms with E-state index >= 15 is 0 Å². The summed E-state index contributed by atoms with van der Waals surface area (Å²) >= 11 is 0. The molecule has 2 aromatic rings. The molecule has 0 amide bonds. The van der Waals surface area contributed by atoms with Gasteiger partial charge in [0.25, 0.3) is 0 Å². The van der Waals surface area contributed by atoms with Gasteiger partial charge in [0, 0.05) is 12.6 Å². The number of nitrogens with two attached hydrogens (primary N) is 1. The lowest BCUT2D eigenvalue weighted by Crippen LogP contribution is -2.31. The molecule has 0 spiro atoms. The van der Waals surface area contributed by atoms with E-state index in [-0.39, 0.29) is 5.95 Å². The molecule has 17 heavy (non-hydrogen) atoms. The maximum atomic E-state index is 5.62. The second kappa shape index (κ2) is 4.54. The number of fused-ring (bicyclic) bond motifs is 1. The zero-order valence-electron chi connectivity index (χ0n) is 10.2. The van der Waals surface area contributed by atoms with Gasteiger partial charge in [-0.1, -0.05) is 0 Å². The number of rotatable bonds is 4. The van der Waals surface area contributed by atoms with Gasteiger partial charge in [0.1, 0.15) is 5.52 Å². The normalized spacial score (nSPS) is 13.2. The SMILES string of the molecule is CC(CNc1nc(N)nc2nc[nH]c12)N(C)C. The fourth-order valence-corrected chi connectivity index (χ4v) is 1.40. The lowest BCUT2D eigenvalue weighted by molar-refractivity contribution is 0.326. The summed E-state index contributed by atoms with van der Waals surface area (Å²) in [5, 5.41) is 3.25. The Morgan fingerprint density at radius 1 is 1.47 bits per heavy atom. The lowest BCUT2D eigenvalue weighted by atomic mass is 10.3. The largest absolute Gasteiger partial charge is 0.368 e. The Bertz CT molecular complexity index is 504. The van der Waals surface area contributed by atoms with Crippen LogP contribution in [0.5, 0.6) is 0 Å². The van der Waals surface area contributed by atoms with Gasteiger partial charge in [-0.25, -0.2) is 4.98 Å². The first-order chi connectivity index (χ1) is 8.08. The van der Waals surface area contributed by atoms with Crippen molar-refractivity contribution in [3.8, 4) is 0 Å². The molecule has 4 N–H and O–H groups in total. The molecular formula is C10H17N7. The maximum Gasteiger partial charge on any atom is 0.224 e. The highest BCUT2D eigenvalue weighted by Crippen LogP contribution is 2.17. The summed E-state index contributed by atoms with van der Waals surface area (Å²) in [7, 11) is 4.07. The van der Waals surface area contributed by atoms with Gasteiger partial charge in [0.2, 0.25) is 5.95 Å². The van der Waals surface area contributed by atoms with Crippen LogP contribution >= 0.6 is 0 Å². The van der Waals surface area contributed by atoms with Crippen LogP contribution in [0.1, 0.15) is 6.92 Å². The van der Waals surface area contributed by atoms with Crippen molar-refractivity contribution in [1.29, 1.82) is 0 Å². The fourth-order valence-electron chi connectivity index (χ4n) is 1.40. The highest BCUT2D eigenvalue weighted by molar-refractivity contribution is 5.83. The van der Waals surface area contributed by atoms with Crippen molar-refractivity contribution in [2.75, 3.05) is 31.7 Å². The quantitative estimate of drug-likeness (QED) is 0.705. The molecule has 7 heteroatoms. The van der Waals surface area contributed by atoms with Gasteiger partial charge in [-0.3, -0.25) is 0 Å². The van der Waals surface area contributed by atoms with Crippen molar-refractivity contribution in [3.05, 3.63) is 6.33 Å². The number of anilines is 2. The first kappa shape index (κ1) is 11.6. The second-order valence-electron chi connectivity index (χ2n) is 4.23. The first-order valence-corrected chi connectivity index (χ1v) is 5.45. The monoisotopic (exact) mass is 235 g/mol. The Labute approximate surface area is 99.5 Å². The smallest absolute Gasteiger partial charge is 0.224 e. The highest BCUT2D eigenvalue weighted by Gasteiger charge is 2.10. The molecule has 1 atom stereocenters. The topological polar surface area (TPSA) is 95.7 Å². The van der Waals surface area contributed by atoms with Crippen LogP contribution in [0.2, 0.25) is 0 Å². The van der Waals surface area contributed by atoms with Crippen molar-refractivity contribution in [2.45, 2.75) is 13.0 Å². The number of aromatic amines is 1. The van der Waals surface area contributed by atoms with Crippen LogP contribution in [-0.4, -0.2) is 51.5 Å². The molecular weight excluding hydrogens is 218 g/mol. The Kier molecular flexibility index (Phi) is 3.10. The van der Waals surface area contributed by atoms with E-state index in [0.29, 0.717) is 17.5 Å². The van der Waals surface area contributed by atoms with E-state index in [1.54, 1.807) is 6.33 Å². The zero-order chi connectivity index (χ0) is 12.4. The minimum absolute atomic E-state index is 0.226. The van der Waals surface area contributed by atoms with Gasteiger partial charge in [-0.15, -0.1) is 0 Å². The standard InChI is InChI=1S/C10H17N7/c1-6(17(2)3)4-12-8-7-9(14-5-13-7)16-10(11)15-8/h5-6H,4H2,1-3H3,(H4,11,12,13,14,15,16). The third-order valence-electron chi connectivity index (χ3n) is 2.75. The van der Waals surface area contributed by atoms with E-state index in [4.69, 9.17) is 5.73 Å². The van der Waals surface area contributed by atoms with E-state index in [2.05, 4.69) is 37.1 Å². The maximum absolute atomic E-state index is 5.62. The van der Waals surface area contributed by atoms with Crippen LogP contribution in [0.4, 0.5) is 11.8 Å². The van der Waals surface area contributed by atoms with Gasteiger partial charge in [0.15, 0.2) is 11.5 Å². The third kappa shape index (κ3) is 2.44. The van der Waals surface area contributed by atoms with Crippen LogP contribution in [0.25, 0.3) is 11.2 Å². The Morgan fingerprint density at radius 3 is 2.94 bits per heavy atom. The molecule has 92 valence electrons. The van der Waals surface area contributed by atoms with Crippen molar-refractivity contribution in [2.24, 2.45) is 0 Å². The molecule has 2 aromatic heterocycles. The van der Waals surface area contributed by atoms with Gasteiger partial charge >= 0.3 is 0 Å². The summed E-state index contributed by atoms with van der Waals surface area (Å²) < 4.78 is 0. The zero-order valence-corrected chi connectivity index (χ0v) is 10.2. The Morgan fingerprint density at radius 2 is 2.24 bits per heavy atom. The van der Waals surface area contributed by atoms with E-state index in [9.17, 15) is 0 Å². The number of imidazole rings is 1. The predicted octanol–water partition coefficient (Wildman–Crippen LogP) is 0.297. The van der Waals surface area contributed by atoms with Crippen molar-refractivity contribution in [1.82, 2.24) is 24.8 Å². The summed E-state index contributed by atoms with van der Waals surface area (Å²) in [5.74, 6) is 0.920. The second-order valence-corrected chi connectivity index (χ2v) is 4.23. The molecule has 0 saturated heterocycles. The van der Waals surface area contributed by atoms with Gasteiger partial charge < -0.3 is 20.9 Å². The lowest BCUT2D eigenvalue weighted by Gasteiger charge is -2.20. The first-order valence-electron chi connectivity index (χ1n) is 5.45. The molecule has 0 bridgehead atoms. The molecule has 0 aliphatic carbocycles. The summed E-state index contributed by atoms with van der Waals surface area (Å²) in [6.45, 7) is 2.90. The number of nitrogen functional groups attached to an aromatic ring is 1. The van der Waals surface area contributed by atoms with Crippen LogP contribution in [0.15, 0.2) is 6.33 Å². The summed E-state index contributed by atoms with van der Waals surface area (Å²) in [5.41, 5.74) is 6.99. The van der Waals surface area contributed by atoms with Crippen molar-refractivity contribution in [3.63, 3.8) is 0 Å². The third-order valence-corrected chi connectivity index (χ3v) is 2.75. The van der Waals surface area contributed by atoms with E-state index in [1.165, 1.54) is 0 Å². The van der Waals surface area contributed by atoms with Gasteiger partial charge in [0.05, 0.1) is 6.33 Å². The Hall–Kier alpha value is -1.89. The molecule has 7 nitrogen and oxygen atoms in total. The molecule has 2 heterocycles. The van der Waals surface area contributed by atoms with E-state index in [1.807, 2.05) is 14.1 Å². The average Bonchev–Trinajstić information content (AvgIpc) is 2.72. The predicted molar refractivity (Wildman–Crippen MR) is 67.7 cm³/mol. The number of nitrogens with one attached hydrogen (secondary N) is 2. The van der Waals surface area contributed by atoms with E-state index < -0.39 is 0 Å². The van der Waals surface area contributed by atoms with Gasteiger partial charge in [-0.05, 0) is 21.0 Å². The van der Waals surface area contributed by atoms with Crippen molar-refractivity contribution >= 4 is 22.9 Å². The average molecular weight is 235 g/mol. The highest BCUT2D eigenvalue weighted by atomic mass is 15.2. The molecule has 0 fully saturated rings. The van der Waals surface area contributed by atoms with Crippen molar-refractivity contribution < 1.29 is 0 Å². The number of aromatic nitrogens is 4. The molecule has 1 unspecified atom stereocenters. The van der Waals surface area contributed by atoms with Crippen LogP contribution in [0.3, 0.4) is 0 Å². The molecule has 0 aliphatic rings. The molecule has 2 rings (SSSR count). The van der Waals surface area contributed by atoms with Gasteiger partial charge in [-0.2, -0.15) is 9.97 Å². The molecule has 0 radical (unpaired) electrons. The summed E-state index contributed by atoms with van der Waals surface area (Å²) in [6, 6.07) is 0.393. The number of likely N-dealkylation sites (N-methyl/N-ethyl adjacent to an activating group) is 1. The van der Waals surface area contributed by atoms with Crippen LogP contribution in [-0.2, 0) is 0 Å². The Balaban J connectivity index is 2.20. The molecule has 0 saturated carbocycles. The minimum Gasteiger partial charge on any atom is -0.368 e. The van der Waals surface area contributed by atoms with Crippen LogP contribution < -0.4 is 11.1 Å².